The number of hydrogen-bond acceptors (Lipinski definition) is 6. The highest BCUT2D eigenvalue weighted by Gasteiger charge is 2.36. The molecule has 0 bridgehead atoms. The summed E-state index contributed by atoms with van der Waals surface area (Å²) in [6.45, 7) is 1.42. The second-order valence-electron chi connectivity index (χ2n) is 6.42. The van der Waals surface area contributed by atoms with Crippen LogP contribution in [-0.2, 0) is 9.59 Å². The Balaban J connectivity index is 1.75. The molecule has 0 radical (unpaired) electrons. The summed E-state index contributed by atoms with van der Waals surface area (Å²) in [5, 5.41) is 2.64. The van der Waals surface area contributed by atoms with Crippen LogP contribution in [0.25, 0.3) is 6.08 Å². The largest absolute Gasteiger partial charge is 0.497 e. The maximum Gasteiger partial charge on any atom is 0.294 e. The Kier molecular flexibility index (Phi) is 6.69. The molecule has 7 nitrogen and oxygen atoms in total. The Hall–Kier alpha value is -2.97. The van der Waals surface area contributed by atoms with Crippen LogP contribution >= 0.6 is 23.4 Å². The molecular formula is C21H19ClN2O5S. The highest BCUT2D eigenvalue weighted by atomic mass is 35.5. The van der Waals surface area contributed by atoms with Crippen LogP contribution in [0.1, 0.15) is 11.1 Å². The Bertz CT molecular complexity index is 1030. The molecule has 156 valence electrons. The van der Waals surface area contributed by atoms with Crippen molar-refractivity contribution in [3.05, 3.63) is 57.5 Å². The van der Waals surface area contributed by atoms with Crippen molar-refractivity contribution in [3.8, 4) is 11.5 Å². The topological polar surface area (TPSA) is 84.9 Å². The monoisotopic (exact) mass is 446 g/mol. The van der Waals surface area contributed by atoms with Gasteiger partial charge in [-0.05, 0) is 60.2 Å². The molecule has 3 rings (SSSR count). The molecule has 0 atom stereocenters. The zero-order chi connectivity index (χ0) is 21.8. The fraction of sp³-hybridized carbons (Fsp3) is 0.190. The van der Waals surface area contributed by atoms with Crippen LogP contribution in [0.5, 0.6) is 11.5 Å². The fourth-order valence-corrected chi connectivity index (χ4v) is 3.77. The van der Waals surface area contributed by atoms with Gasteiger partial charge in [-0.1, -0.05) is 17.7 Å². The number of methoxy groups -OCH3 is 2. The van der Waals surface area contributed by atoms with Gasteiger partial charge in [0.2, 0.25) is 5.91 Å². The summed E-state index contributed by atoms with van der Waals surface area (Å²) in [7, 11) is 3.04. The first kappa shape index (κ1) is 21.7. The number of carbonyl (C=O) groups excluding carboxylic acids is 3. The van der Waals surface area contributed by atoms with Crippen molar-refractivity contribution in [3.63, 3.8) is 0 Å². The van der Waals surface area contributed by atoms with E-state index in [0.29, 0.717) is 27.8 Å². The minimum absolute atomic E-state index is 0.210. The molecule has 2 aromatic rings. The smallest absolute Gasteiger partial charge is 0.294 e. The number of ether oxygens (including phenoxy) is 2. The molecule has 0 aliphatic carbocycles. The van der Waals surface area contributed by atoms with Gasteiger partial charge >= 0.3 is 0 Å². The second-order valence-corrected chi connectivity index (χ2v) is 7.85. The number of aryl methyl sites for hydroxylation is 1. The number of anilines is 1. The van der Waals surface area contributed by atoms with Crippen LogP contribution in [0.4, 0.5) is 10.5 Å². The lowest BCUT2D eigenvalue weighted by molar-refractivity contribution is -0.127. The van der Waals surface area contributed by atoms with E-state index in [1.807, 2.05) is 6.92 Å². The molecule has 3 amide bonds. The Labute approximate surface area is 183 Å². The molecule has 0 aromatic heterocycles. The molecule has 1 N–H and O–H groups in total. The van der Waals surface area contributed by atoms with Gasteiger partial charge in [-0.2, -0.15) is 0 Å². The zero-order valence-electron chi connectivity index (χ0n) is 16.5. The highest BCUT2D eigenvalue weighted by Crippen LogP contribution is 2.33. The van der Waals surface area contributed by atoms with Crippen LogP contribution in [0.15, 0.2) is 41.3 Å². The standard InChI is InChI=1S/C21H19ClN2O5S/c1-12-4-5-14(22)9-17(12)23-19(25)11-24-20(26)18(30-21(24)27)8-13-6-15(28-2)10-16(7-13)29-3/h4-10H,11H2,1-3H3,(H,23,25)/b18-8+. The van der Waals surface area contributed by atoms with Gasteiger partial charge in [-0.3, -0.25) is 19.3 Å². The first-order valence-electron chi connectivity index (χ1n) is 8.85. The lowest BCUT2D eigenvalue weighted by atomic mass is 10.2. The third-order valence-corrected chi connectivity index (χ3v) is 5.46. The van der Waals surface area contributed by atoms with Gasteiger partial charge in [0.1, 0.15) is 18.0 Å². The summed E-state index contributed by atoms with van der Waals surface area (Å²) >= 11 is 6.73. The fourth-order valence-electron chi connectivity index (χ4n) is 2.76. The molecule has 1 saturated heterocycles. The van der Waals surface area contributed by atoms with Crippen molar-refractivity contribution in [1.29, 1.82) is 0 Å². The van der Waals surface area contributed by atoms with Crippen LogP contribution in [-0.4, -0.2) is 42.7 Å². The van der Waals surface area contributed by atoms with E-state index in [2.05, 4.69) is 5.32 Å². The molecule has 1 aliphatic rings. The highest BCUT2D eigenvalue weighted by molar-refractivity contribution is 8.18. The van der Waals surface area contributed by atoms with Gasteiger partial charge in [0.05, 0.1) is 19.1 Å². The van der Waals surface area contributed by atoms with E-state index in [4.69, 9.17) is 21.1 Å². The maximum absolute atomic E-state index is 12.7. The SMILES string of the molecule is COc1cc(/C=C2/SC(=O)N(CC(=O)Nc3cc(Cl)ccc3C)C2=O)cc(OC)c1. The van der Waals surface area contributed by atoms with Crippen LogP contribution < -0.4 is 14.8 Å². The number of rotatable bonds is 6. The van der Waals surface area contributed by atoms with Crippen molar-refractivity contribution >= 4 is 52.2 Å². The van der Waals surface area contributed by atoms with Gasteiger partial charge in [-0.15, -0.1) is 0 Å². The van der Waals surface area contributed by atoms with Crippen molar-refractivity contribution in [2.75, 3.05) is 26.1 Å². The van der Waals surface area contributed by atoms with Crippen molar-refractivity contribution in [2.24, 2.45) is 0 Å². The molecular weight excluding hydrogens is 428 g/mol. The van der Waals surface area contributed by atoms with Gasteiger partial charge in [0, 0.05) is 16.8 Å². The van der Waals surface area contributed by atoms with E-state index in [1.54, 1.807) is 42.5 Å². The van der Waals surface area contributed by atoms with E-state index < -0.39 is 23.6 Å². The molecule has 30 heavy (non-hydrogen) atoms. The third-order valence-electron chi connectivity index (χ3n) is 4.32. The first-order valence-corrected chi connectivity index (χ1v) is 10.0. The summed E-state index contributed by atoms with van der Waals surface area (Å²) in [5.74, 6) is 0.0731. The number of carbonyl (C=O) groups is 3. The van der Waals surface area contributed by atoms with E-state index >= 15 is 0 Å². The lowest BCUT2D eigenvalue weighted by Crippen LogP contribution is -2.36. The normalized spacial score (nSPS) is 14.9. The van der Waals surface area contributed by atoms with E-state index in [9.17, 15) is 14.4 Å². The van der Waals surface area contributed by atoms with E-state index in [0.717, 1.165) is 22.2 Å². The average molecular weight is 447 g/mol. The molecule has 0 unspecified atom stereocenters. The van der Waals surface area contributed by atoms with Crippen molar-refractivity contribution in [1.82, 2.24) is 4.90 Å². The number of halogens is 1. The predicted molar refractivity (Wildman–Crippen MR) is 117 cm³/mol. The zero-order valence-corrected chi connectivity index (χ0v) is 18.1. The number of nitrogens with one attached hydrogen (secondary N) is 1. The maximum atomic E-state index is 12.7. The third kappa shape index (κ3) is 4.95. The summed E-state index contributed by atoms with van der Waals surface area (Å²) in [6.07, 6.45) is 1.56. The molecule has 0 spiro atoms. The molecule has 2 aromatic carbocycles. The minimum Gasteiger partial charge on any atom is -0.497 e. The van der Waals surface area contributed by atoms with Gasteiger partial charge < -0.3 is 14.8 Å². The number of thioether (sulfide) groups is 1. The Morgan fingerprint density at radius 2 is 1.80 bits per heavy atom. The number of benzene rings is 2. The van der Waals surface area contributed by atoms with Gasteiger partial charge in [0.25, 0.3) is 11.1 Å². The van der Waals surface area contributed by atoms with Crippen LogP contribution in [0.2, 0.25) is 5.02 Å². The van der Waals surface area contributed by atoms with Gasteiger partial charge in [-0.25, -0.2) is 0 Å². The number of amides is 3. The molecule has 1 fully saturated rings. The van der Waals surface area contributed by atoms with E-state index in [-0.39, 0.29) is 4.91 Å². The quantitative estimate of drug-likeness (QED) is 0.664. The van der Waals surface area contributed by atoms with Crippen molar-refractivity contribution in [2.45, 2.75) is 6.92 Å². The van der Waals surface area contributed by atoms with Crippen molar-refractivity contribution < 1.29 is 23.9 Å². The lowest BCUT2D eigenvalue weighted by Gasteiger charge is -2.13. The molecule has 9 heteroatoms. The Morgan fingerprint density at radius 3 is 2.43 bits per heavy atom. The van der Waals surface area contributed by atoms with E-state index in [1.165, 1.54) is 14.2 Å². The number of imide groups is 1. The second kappa shape index (κ2) is 9.23. The first-order chi connectivity index (χ1) is 14.3. The van der Waals surface area contributed by atoms with Crippen LogP contribution in [0, 0.1) is 6.92 Å². The number of nitrogens with zero attached hydrogens (tertiary/aromatic N) is 1. The van der Waals surface area contributed by atoms with Crippen LogP contribution in [0.3, 0.4) is 0 Å². The minimum atomic E-state index is -0.537. The summed E-state index contributed by atoms with van der Waals surface area (Å²) in [5.41, 5.74) is 1.97. The summed E-state index contributed by atoms with van der Waals surface area (Å²) in [6, 6.07) is 10.2. The summed E-state index contributed by atoms with van der Waals surface area (Å²) < 4.78 is 10.4. The average Bonchev–Trinajstić information content (AvgIpc) is 2.97. The number of hydrogen-bond donors (Lipinski definition) is 1. The molecule has 1 heterocycles. The predicted octanol–water partition coefficient (Wildman–Crippen LogP) is 4.34. The van der Waals surface area contributed by atoms with Gasteiger partial charge in [0.15, 0.2) is 0 Å². The molecule has 1 aliphatic heterocycles. The summed E-state index contributed by atoms with van der Waals surface area (Å²) in [4.78, 5) is 38.5. The Morgan fingerprint density at radius 1 is 1.13 bits per heavy atom. The molecule has 0 saturated carbocycles.